The Bertz CT molecular complexity index is 920. The molecule has 9 nitrogen and oxygen atoms in total. The van der Waals surface area contributed by atoms with Crippen molar-refractivity contribution in [3.63, 3.8) is 0 Å². The number of ether oxygens (including phenoxy) is 1. The SMILES string of the molecule is O=C(C1CCc2nc[nH]c2C1)N1CCOc2ccccc21.O=C(O)/C=C/C(=O)O. The van der Waals surface area contributed by atoms with Crippen LogP contribution in [-0.4, -0.2) is 51.2 Å². The molecule has 1 unspecified atom stereocenters. The number of aromatic nitrogens is 2. The van der Waals surface area contributed by atoms with Crippen molar-refractivity contribution in [1.29, 1.82) is 0 Å². The number of hydrogen-bond donors (Lipinski definition) is 3. The number of nitrogens with zero attached hydrogens (tertiary/aromatic N) is 2. The largest absolute Gasteiger partial charge is 0.490 e. The molecular weight excluding hydrogens is 378 g/mol. The van der Waals surface area contributed by atoms with Crippen LogP contribution in [0.25, 0.3) is 0 Å². The number of aromatic amines is 1. The van der Waals surface area contributed by atoms with Crippen LogP contribution in [-0.2, 0) is 27.2 Å². The lowest BCUT2D eigenvalue weighted by Gasteiger charge is -2.33. The standard InChI is InChI=1S/C16H17N3O2.C4H4O4/c20-16(11-5-6-12-13(9-11)18-10-17-12)19-7-8-21-15-4-2-1-3-14(15)19;5-3(6)1-2-4(7)8/h1-4,10-11H,5-9H2,(H,17,18);1-2H,(H,5,6)(H,7,8)/b;2-1+. The summed E-state index contributed by atoms with van der Waals surface area (Å²) in [6.07, 6.45) is 5.34. The van der Waals surface area contributed by atoms with Gasteiger partial charge in [-0.25, -0.2) is 14.6 Å². The lowest BCUT2D eigenvalue weighted by molar-refractivity contribution is -0.134. The Morgan fingerprint density at radius 3 is 2.62 bits per heavy atom. The van der Waals surface area contributed by atoms with Crippen LogP contribution in [0, 0.1) is 5.92 Å². The van der Waals surface area contributed by atoms with Gasteiger partial charge in [-0.05, 0) is 25.0 Å². The number of aryl methyl sites for hydroxylation is 1. The predicted octanol–water partition coefficient (Wildman–Crippen LogP) is 1.65. The molecule has 1 atom stereocenters. The molecule has 1 aliphatic carbocycles. The summed E-state index contributed by atoms with van der Waals surface area (Å²) in [4.78, 5) is 41.3. The summed E-state index contributed by atoms with van der Waals surface area (Å²) in [6, 6.07) is 7.76. The lowest BCUT2D eigenvalue weighted by atomic mass is 9.88. The monoisotopic (exact) mass is 399 g/mol. The highest BCUT2D eigenvalue weighted by atomic mass is 16.5. The van der Waals surface area contributed by atoms with Crippen LogP contribution in [0.4, 0.5) is 5.69 Å². The Morgan fingerprint density at radius 1 is 1.17 bits per heavy atom. The minimum absolute atomic E-state index is 0.0316. The van der Waals surface area contributed by atoms with Crippen molar-refractivity contribution in [3.05, 3.63) is 54.1 Å². The molecule has 2 aliphatic rings. The highest BCUT2D eigenvalue weighted by Crippen LogP contribution is 2.33. The van der Waals surface area contributed by atoms with Gasteiger partial charge in [0.05, 0.1) is 24.3 Å². The number of amides is 1. The molecule has 29 heavy (non-hydrogen) atoms. The van der Waals surface area contributed by atoms with E-state index in [1.54, 1.807) is 6.33 Å². The van der Waals surface area contributed by atoms with E-state index < -0.39 is 11.9 Å². The quantitative estimate of drug-likeness (QED) is 0.669. The van der Waals surface area contributed by atoms with Gasteiger partial charge in [-0.2, -0.15) is 0 Å². The van der Waals surface area contributed by atoms with Crippen molar-refractivity contribution in [3.8, 4) is 5.75 Å². The first-order chi connectivity index (χ1) is 14.0. The van der Waals surface area contributed by atoms with E-state index in [4.69, 9.17) is 14.9 Å². The third-order valence-electron chi connectivity index (χ3n) is 4.70. The van der Waals surface area contributed by atoms with Crippen LogP contribution in [0.3, 0.4) is 0 Å². The summed E-state index contributed by atoms with van der Waals surface area (Å²) in [5.74, 6) is -1.48. The Labute approximate surface area is 166 Å². The zero-order valence-corrected chi connectivity index (χ0v) is 15.6. The number of carbonyl (C=O) groups excluding carboxylic acids is 1. The number of carbonyl (C=O) groups is 3. The van der Waals surface area contributed by atoms with Crippen molar-refractivity contribution >= 4 is 23.5 Å². The van der Waals surface area contributed by atoms with Gasteiger partial charge in [-0.15, -0.1) is 0 Å². The van der Waals surface area contributed by atoms with Crippen molar-refractivity contribution in [2.75, 3.05) is 18.1 Å². The number of carboxylic acid groups (broad SMARTS) is 2. The average molecular weight is 399 g/mol. The fourth-order valence-corrected chi connectivity index (χ4v) is 3.37. The van der Waals surface area contributed by atoms with E-state index >= 15 is 0 Å². The Kier molecular flexibility index (Phi) is 6.28. The zero-order chi connectivity index (χ0) is 20.8. The van der Waals surface area contributed by atoms with Crippen LogP contribution in [0.1, 0.15) is 17.8 Å². The van der Waals surface area contributed by atoms with E-state index in [1.807, 2.05) is 29.2 Å². The third kappa shape index (κ3) is 5.01. The number of benzene rings is 1. The second kappa shape index (κ2) is 9.05. The molecule has 9 heteroatoms. The van der Waals surface area contributed by atoms with Crippen LogP contribution in [0.15, 0.2) is 42.7 Å². The molecule has 0 fully saturated rings. The number of carboxylic acids is 2. The Balaban J connectivity index is 0.000000258. The number of nitrogens with one attached hydrogen (secondary N) is 1. The first-order valence-corrected chi connectivity index (χ1v) is 9.14. The molecule has 0 saturated carbocycles. The van der Waals surface area contributed by atoms with E-state index in [9.17, 15) is 14.4 Å². The molecule has 152 valence electrons. The topological polar surface area (TPSA) is 133 Å². The number of hydrogen-bond acceptors (Lipinski definition) is 5. The maximum Gasteiger partial charge on any atom is 0.328 e. The van der Waals surface area contributed by atoms with E-state index in [2.05, 4.69) is 9.97 Å². The van der Waals surface area contributed by atoms with E-state index in [0.29, 0.717) is 25.3 Å². The van der Waals surface area contributed by atoms with Crippen molar-refractivity contribution < 1.29 is 29.3 Å². The maximum absolute atomic E-state index is 12.9. The Morgan fingerprint density at radius 2 is 1.90 bits per heavy atom. The smallest absolute Gasteiger partial charge is 0.328 e. The second-order valence-electron chi connectivity index (χ2n) is 6.58. The molecule has 1 amide bonds. The number of anilines is 1. The molecular formula is C20H21N3O6. The molecule has 1 aromatic carbocycles. The van der Waals surface area contributed by atoms with Gasteiger partial charge in [0.25, 0.3) is 0 Å². The summed E-state index contributed by atoms with van der Waals surface area (Å²) < 4.78 is 5.62. The highest BCUT2D eigenvalue weighted by molar-refractivity contribution is 5.97. The predicted molar refractivity (Wildman–Crippen MR) is 103 cm³/mol. The van der Waals surface area contributed by atoms with Gasteiger partial charge in [-0.1, -0.05) is 12.1 Å². The number of rotatable bonds is 3. The number of imidazole rings is 1. The van der Waals surface area contributed by atoms with Crippen LogP contribution in [0.2, 0.25) is 0 Å². The third-order valence-corrected chi connectivity index (χ3v) is 4.70. The number of aliphatic carboxylic acids is 2. The molecule has 2 heterocycles. The molecule has 1 aliphatic heterocycles. The average Bonchev–Trinajstić information content (AvgIpc) is 3.19. The van der Waals surface area contributed by atoms with E-state index in [-0.39, 0.29) is 11.8 Å². The van der Waals surface area contributed by atoms with Gasteiger partial charge < -0.3 is 24.8 Å². The molecule has 2 aromatic rings. The van der Waals surface area contributed by atoms with Crippen LogP contribution < -0.4 is 9.64 Å². The summed E-state index contributed by atoms with van der Waals surface area (Å²) >= 11 is 0. The summed E-state index contributed by atoms with van der Waals surface area (Å²) in [5, 5.41) is 15.6. The van der Waals surface area contributed by atoms with Gasteiger partial charge in [0.2, 0.25) is 5.91 Å². The number of fused-ring (bicyclic) bond motifs is 2. The second-order valence-corrected chi connectivity index (χ2v) is 6.58. The molecule has 0 radical (unpaired) electrons. The Hall–Kier alpha value is -3.62. The number of para-hydroxylation sites is 2. The maximum atomic E-state index is 12.9. The van der Waals surface area contributed by atoms with Gasteiger partial charge in [0, 0.05) is 30.2 Å². The van der Waals surface area contributed by atoms with Crippen LogP contribution >= 0.6 is 0 Å². The molecule has 4 rings (SSSR count). The first-order valence-electron chi connectivity index (χ1n) is 9.14. The minimum Gasteiger partial charge on any atom is -0.490 e. The van der Waals surface area contributed by atoms with Gasteiger partial charge >= 0.3 is 11.9 Å². The summed E-state index contributed by atoms with van der Waals surface area (Å²) in [6.45, 7) is 1.19. The summed E-state index contributed by atoms with van der Waals surface area (Å²) in [5.41, 5.74) is 3.12. The first kappa shape index (κ1) is 20.1. The van der Waals surface area contributed by atoms with Crippen molar-refractivity contribution in [2.45, 2.75) is 19.3 Å². The number of H-pyrrole nitrogens is 1. The van der Waals surface area contributed by atoms with E-state index in [1.165, 1.54) is 0 Å². The minimum atomic E-state index is -1.26. The van der Waals surface area contributed by atoms with Gasteiger partial charge in [-0.3, -0.25) is 4.79 Å². The van der Waals surface area contributed by atoms with Gasteiger partial charge in [0.15, 0.2) is 0 Å². The van der Waals surface area contributed by atoms with E-state index in [0.717, 1.165) is 42.1 Å². The molecule has 3 N–H and O–H groups in total. The molecule has 0 bridgehead atoms. The fraction of sp³-hybridized carbons (Fsp3) is 0.300. The van der Waals surface area contributed by atoms with Gasteiger partial charge in [0.1, 0.15) is 12.4 Å². The molecule has 0 spiro atoms. The normalized spacial score (nSPS) is 17.4. The van der Waals surface area contributed by atoms with Crippen LogP contribution in [0.5, 0.6) is 5.75 Å². The lowest BCUT2D eigenvalue weighted by Crippen LogP contribution is -2.43. The fourth-order valence-electron chi connectivity index (χ4n) is 3.37. The zero-order valence-electron chi connectivity index (χ0n) is 15.6. The highest BCUT2D eigenvalue weighted by Gasteiger charge is 2.32. The molecule has 0 saturated heterocycles. The van der Waals surface area contributed by atoms with Crippen molar-refractivity contribution in [1.82, 2.24) is 9.97 Å². The van der Waals surface area contributed by atoms with Crippen molar-refractivity contribution in [2.24, 2.45) is 5.92 Å². The molecule has 1 aromatic heterocycles. The summed E-state index contributed by atoms with van der Waals surface area (Å²) in [7, 11) is 0.